The number of aliphatic hydroxyl groups excluding tert-OH is 7. The lowest BCUT2D eigenvalue weighted by molar-refractivity contribution is -0.213. The minimum atomic E-state index is -2.05. The predicted molar refractivity (Wildman–Crippen MR) is 124 cm³/mol. The van der Waals surface area contributed by atoms with Gasteiger partial charge >= 0.3 is 5.97 Å². The van der Waals surface area contributed by atoms with Crippen molar-refractivity contribution in [3.63, 3.8) is 0 Å². The van der Waals surface area contributed by atoms with Crippen LogP contribution in [0.2, 0.25) is 0 Å². The third-order valence-corrected chi connectivity index (χ3v) is 5.88. The number of unbranched alkanes of at least 4 members (excludes halogenated alkanes) is 10. The Bertz CT molecular complexity index is 463. The Morgan fingerprint density at radius 1 is 0.667 bits per heavy atom. The molecule has 0 amide bonds. The van der Waals surface area contributed by atoms with Gasteiger partial charge in [0.25, 0.3) is 0 Å². The smallest absolute Gasteiger partial charge is 0.308 e. The summed E-state index contributed by atoms with van der Waals surface area (Å²) in [5, 5.41) is 66.5. The van der Waals surface area contributed by atoms with Gasteiger partial charge in [-0.3, -0.25) is 4.79 Å². The quantitative estimate of drug-likeness (QED) is 0.0690. The van der Waals surface area contributed by atoms with E-state index in [0.717, 1.165) is 64.2 Å². The summed E-state index contributed by atoms with van der Waals surface area (Å²) < 4.78 is 4.66. The molecule has 0 radical (unpaired) electrons. The van der Waals surface area contributed by atoms with E-state index in [1.807, 2.05) is 0 Å². The van der Waals surface area contributed by atoms with Crippen molar-refractivity contribution in [1.82, 2.24) is 0 Å². The van der Waals surface area contributed by atoms with Crippen LogP contribution in [0, 0.1) is 0 Å². The van der Waals surface area contributed by atoms with Gasteiger partial charge in [-0.15, -0.1) is 0 Å². The lowest BCUT2D eigenvalue weighted by Crippen LogP contribution is -2.50. The maximum Gasteiger partial charge on any atom is 0.308 e. The normalized spacial score (nSPS) is 17.2. The van der Waals surface area contributed by atoms with Crippen LogP contribution in [-0.4, -0.2) is 85.1 Å². The molecule has 0 aliphatic rings. The van der Waals surface area contributed by atoms with Crippen LogP contribution in [-0.2, 0) is 9.53 Å². The highest BCUT2D eigenvalue weighted by molar-refractivity contribution is 5.69. The van der Waals surface area contributed by atoms with E-state index in [1.165, 1.54) is 19.3 Å². The molecule has 2 unspecified atom stereocenters. The van der Waals surface area contributed by atoms with Gasteiger partial charge in [-0.25, -0.2) is 0 Å². The molecule has 0 saturated carbocycles. The van der Waals surface area contributed by atoms with Crippen LogP contribution in [0.1, 0.15) is 103 Å². The van der Waals surface area contributed by atoms with E-state index in [4.69, 9.17) is 5.11 Å². The largest absolute Gasteiger partial charge is 0.433 e. The molecule has 0 aromatic carbocycles. The first-order valence-electron chi connectivity index (χ1n) is 12.6. The van der Waals surface area contributed by atoms with Crippen molar-refractivity contribution in [2.45, 2.75) is 140 Å². The minimum Gasteiger partial charge on any atom is -0.433 e. The number of ether oxygens (including phenoxy) is 1. The van der Waals surface area contributed by atoms with E-state index < -0.39 is 43.3 Å². The molecule has 198 valence electrons. The van der Waals surface area contributed by atoms with Gasteiger partial charge in [-0.2, -0.15) is 0 Å². The maximum absolute atomic E-state index is 11.8. The monoisotopic (exact) mass is 480 g/mol. The standard InChI is InChI=1S/C24H48O9/c1-2-3-4-11-14-18(26)15-12-9-7-5-6-8-10-13-16-20(28)33-24(32)23(31)22(30)21(29)19(27)17-25/h18-19,21-27,29-32H,2-17H2,1H3/t18?,19-,21-,22+,23+,24?/m1/s1. The van der Waals surface area contributed by atoms with Crippen LogP contribution in [0.5, 0.6) is 0 Å². The summed E-state index contributed by atoms with van der Waals surface area (Å²) in [5.41, 5.74) is 0. The first-order chi connectivity index (χ1) is 15.7. The summed E-state index contributed by atoms with van der Waals surface area (Å²) in [4.78, 5) is 11.8. The highest BCUT2D eigenvalue weighted by atomic mass is 16.6. The topological polar surface area (TPSA) is 168 Å². The molecule has 9 heteroatoms. The van der Waals surface area contributed by atoms with Gasteiger partial charge in [0.05, 0.1) is 12.7 Å². The lowest BCUT2D eigenvalue weighted by Gasteiger charge is -2.28. The first kappa shape index (κ1) is 32.2. The number of hydrogen-bond acceptors (Lipinski definition) is 9. The molecule has 0 heterocycles. The van der Waals surface area contributed by atoms with Crippen LogP contribution in [0.3, 0.4) is 0 Å². The van der Waals surface area contributed by atoms with Crippen molar-refractivity contribution < 1.29 is 45.3 Å². The molecular formula is C24H48O9. The van der Waals surface area contributed by atoms with Crippen LogP contribution in [0.15, 0.2) is 0 Å². The zero-order valence-corrected chi connectivity index (χ0v) is 20.2. The van der Waals surface area contributed by atoms with Gasteiger partial charge in [-0.05, 0) is 19.3 Å². The molecule has 0 aliphatic carbocycles. The van der Waals surface area contributed by atoms with E-state index in [1.54, 1.807) is 0 Å². The van der Waals surface area contributed by atoms with Crippen LogP contribution < -0.4 is 0 Å². The molecule has 6 atom stereocenters. The molecular weight excluding hydrogens is 432 g/mol. The molecule has 0 bridgehead atoms. The van der Waals surface area contributed by atoms with E-state index in [0.29, 0.717) is 6.42 Å². The Balaban J connectivity index is 3.68. The molecule has 0 fully saturated rings. The maximum atomic E-state index is 11.8. The van der Waals surface area contributed by atoms with Crippen LogP contribution in [0.4, 0.5) is 0 Å². The number of rotatable bonds is 22. The van der Waals surface area contributed by atoms with Crippen LogP contribution >= 0.6 is 0 Å². The fourth-order valence-corrected chi connectivity index (χ4v) is 3.63. The lowest BCUT2D eigenvalue weighted by atomic mass is 10.0. The summed E-state index contributed by atoms with van der Waals surface area (Å²) >= 11 is 0. The van der Waals surface area contributed by atoms with Gasteiger partial charge in [0.1, 0.15) is 24.4 Å². The Kier molecular flexibility index (Phi) is 20.0. The molecule has 0 saturated heterocycles. The summed E-state index contributed by atoms with van der Waals surface area (Å²) in [6.07, 6.45) is 4.63. The molecule has 9 nitrogen and oxygen atoms in total. The average Bonchev–Trinajstić information content (AvgIpc) is 2.80. The number of aliphatic hydroxyl groups is 7. The minimum absolute atomic E-state index is 0.0534. The third-order valence-electron chi connectivity index (χ3n) is 5.88. The third kappa shape index (κ3) is 16.5. The average molecular weight is 481 g/mol. The summed E-state index contributed by atoms with van der Waals surface area (Å²) in [7, 11) is 0. The first-order valence-corrected chi connectivity index (χ1v) is 12.6. The van der Waals surface area contributed by atoms with Crippen molar-refractivity contribution in [3.05, 3.63) is 0 Å². The fourth-order valence-electron chi connectivity index (χ4n) is 3.63. The van der Waals surface area contributed by atoms with Gasteiger partial charge < -0.3 is 40.5 Å². The van der Waals surface area contributed by atoms with Gasteiger partial charge in [0.2, 0.25) is 6.29 Å². The number of carbonyl (C=O) groups excluding carboxylic acids is 1. The van der Waals surface area contributed by atoms with Gasteiger partial charge in [-0.1, -0.05) is 77.6 Å². The molecule has 7 N–H and O–H groups in total. The zero-order chi connectivity index (χ0) is 25.1. The highest BCUT2D eigenvalue weighted by Gasteiger charge is 2.35. The van der Waals surface area contributed by atoms with Crippen molar-refractivity contribution in [3.8, 4) is 0 Å². The van der Waals surface area contributed by atoms with Crippen molar-refractivity contribution in [2.75, 3.05) is 6.61 Å². The summed E-state index contributed by atoms with van der Waals surface area (Å²) in [6, 6.07) is 0. The summed E-state index contributed by atoms with van der Waals surface area (Å²) in [5.74, 6) is -0.737. The second-order valence-corrected chi connectivity index (χ2v) is 8.97. The highest BCUT2D eigenvalue weighted by Crippen LogP contribution is 2.15. The van der Waals surface area contributed by atoms with Crippen LogP contribution in [0.25, 0.3) is 0 Å². The van der Waals surface area contributed by atoms with E-state index in [2.05, 4.69) is 11.7 Å². The number of esters is 1. The predicted octanol–water partition coefficient (Wildman–Crippen LogP) is 1.52. The molecule has 0 aliphatic heterocycles. The SMILES string of the molecule is CCCCCCC(O)CCCCCCCCCCC(=O)OC(O)[C@@H](O)[C@@H](O)[C@H](O)[C@H](O)CO. The molecule has 0 aromatic rings. The Labute approximate surface area is 198 Å². The molecule has 0 rings (SSSR count). The number of carbonyl (C=O) groups is 1. The molecule has 0 aromatic heterocycles. The van der Waals surface area contributed by atoms with E-state index in [-0.39, 0.29) is 12.5 Å². The second-order valence-electron chi connectivity index (χ2n) is 8.97. The fraction of sp³-hybridized carbons (Fsp3) is 0.958. The van der Waals surface area contributed by atoms with Gasteiger partial charge in [0, 0.05) is 6.42 Å². The Hall–Kier alpha value is -0.810. The zero-order valence-electron chi connectivity index (χ0n) is 20.2. The van der Waals surface area contributed by atoms with Crippen molar-refractivity contribution in [2.24, 2.45) is 0 Å². The second kappa shape index (κ2) is 20.6. The molecule has 0 spiro atoms. The Morgan fingerprint density at radius 3 is 1.67 bits per heavy atom. The van der Waals surface area contributed by atoms with Crippen molar-refractivity contribution in [1.29, 1.82) is 0 Å². The number of hydrogen-bond donors (Lipinski definition) is 7. The van der Waals surface area contributed by atoms with Gasteiger partial charge in [0.15, 0.2) is 0 Å². The van der Waals surface area contributed by atoms with E-state index >= 15 is 0 Å². The Morgan fingerprint density at radius 2 is 1.15 bits per heavy atom. The summed E-state index contributed by atoms with van der Waals surface area (Å²) in [6.45, 7) is 1.34. The molecule has 33 heavy (non-hydrogen) atoms. The van der Waals surface area contributed by atoms with Crippen molar-refractivity contribution >= 4 is 5.97 Å². The van der Waals surface area contributed by atoms with E-state index in [9.17, 15) is 35.4 Å².